The molecule has 3 aliphatic heterocycles. The Labute approximate surface area is 197 Å². The Morgan fingerprint density at radius 2 is 2.00 bits per heavy atom. The maximum absolute atomic E-state index is 13.5. The van der Waals surface area contributed by atoms with Gasteiger partial charge in [-0.2, -0.15) is 0 Å². The molecule has 3 saturated heterocycles. The lowest BCUT2D eigenvalue weighted by atomic mass is 9.82. The molecule has 8 nitrogen and oxygen atoms in total. The first kappa shape index (κ1) is 22.4. The van der Waals surface area contributed by atoms with Gasteiger partial charge in [0, 0.05) is 35.8 Å². The third-order valence-corrected chi connectivity index (χ3v) is 8.78. The number of nitrogens with one attached hydrogen (secondary N) is 1. The molecule has 33 heavy (non-hydrogen) atoms. The molecule has 0 radical (unpaired) electrons. The minimum atomic E-state index is -1.58. The molecule has 1 unspecified atom stereocenters. The van der Waals surface area contributed by atoms with Crippen molar-refractivity contribution in [3.8, 4) is 0 Å². The van der Waals surface area contributed by atoms with E-state index in [1.165, 1.54) is 17.7 Å². The number of nitrogens with zero attached hydrogens (tertiary/aromatic N) is 3. The molecule has 2 N–H and O–H groups in total. The summed E-state index contributed by atoms with van der Waals surface area (Å²) in [6.07, 6.45) is 8.28. The number of thiophene rings is 1. The van der Waals surface area contributed by atoms with Crippen molar-refractivity contribution in [3.05, 3.63) is 41.0 Å². The van der Waals surface area contributed by atoms with Crippen molar-refractivity contribution in [2.24, 2.45) is 11.8 Å². The summed E-state index contributed by atoms with van der Waals surface area (Å²) in [4.78, 5) is 34.9. The van der Waals surface area contributed by atoms with Gasteiger partial charge >= 0.3 is 5.97 Å². The van der Waals surface area contributed by atoms with Gasteiger partial charge in [-0.05, 0) is 30.4 Å². The molecule has 0 aromatic carbocycles. The van der Waals surface area contributed by atoms with Crippen molar-refractivity contribution in [3.63, 3.8) is 0 Å². The van der Waals surface area contributed by atoms with Gasteiger partial charge in [-0.3, -0.25) is 4.79 Å². The standard InChI is InChI=1S/C24H30N4O4S/c29-22(27-21-7-10-25-16-26-21)15-28-11-8-17(9-12-28)19(14-28)32-23(30)24(31,18-4-1-2-5-18)20-6-3-13-33-20/h3,6-7,10,13,16-19,31H,1-2,4-5,8-9,11-12,14-15H2/p+1/t17?,19?,24-,28?/m0/s1. The molecule has 5 heterocycles. The van der Waals surface area contributed by atoms with Crippen molar-refractivity contribution < 1.29 is 23.9 Å². The first-order valence-corrected chi connectivity index (χ1v) is 12.7. The molecule has 1 saturated carbocycles. The van der Waals surface area contributed by atoms with Crippen LogP contribution < -0.4 is 5.32 Å². The molecule has 2 aromatic heterocycles. The summed E-state index contributed by atoms with van der Waals surface area (Å²) < 4.78 is 6.70. The van der Waals surface area contributed by atoms with Crippen LogP contribution in [0.15, 0.2) is 36.1 Å². The molecule has 2 atom stereocenters. The van der Waals surface area contributed by atoms with E-state index in [9.17, 15) is 14.7 Å². The minimum absolute atomic E-state index is 0.0971. The van der Waals surface area contributed by atoms with Gasteiger partial charge in [-0.1, -0.05) is 18.9 Å². The van der Waals surface area contributed by atoms with Crippen LogP contribution in [0.25, 0.3) is 0 Å². The Bertz CT molecular complexity index is 972. The highest BCUT2D eigenvalue weighted by atomic mass is 32.1. The van der Waals surface area contributed by atoms with Crippen LogP contribution >= 0.6 is 11.3 Å². The Hall–Kier alpha value is -2.36. The van der Waals surface area contributed by atoms with Crippen LogP contribution in [0, 0.1) is 11.8 Å². The molecule has 0 spiro atoms. The third-order valence-electron chi connectivity index (χ3n) is 7.78. The summed E-state index contributed by atoms with van der Waals surface area (Å²) in [5.41, 5.74) is -1.58. The van der Waals surface area contributed by atoms with Gasteiger partial charge < -0.3 is 19.6 Å². The zero-order valence-corrected chi connectivity index (χ0v) is 19.5. The van der Waals surface area contributed by atoms with Crippen LogP contribution in [0.2, 0.25) is 0 Å². The first-order valence-electron chi connectivity index (χ1n) is 11.9. The predicted molar refractivity (Wildman–Crippen MR) is 123 cm³/mol. The normalized spacial score (nSPS) is 28.9. The van der Waals surface area contributed by atoms with Crippen LogP contribution in [0.4, 0.5) is 5.82 Å². The van der Waals surface area contributed by atoms with Crippen LogP contribution in [-0.4, -0.2) is 63.7 Å². The number of piperidine rings is 3. The average molecular weight is 472 g/mol. The van der Waals surface area contributed by atoms with Gasteiger partial charge in [0.05, 0.1) is 13.1 Å². The number of hydrogen-bond donors (Lipinski definition) is 2. The number of carbonyl (C=O) groups is 2. The largest absolute Gasteiger partial charge is 0.454 e. The second kappa shape index (κ2) is 9.12. The van der Waals surface area contributed by atoms with E-state index in [1.807, 2.05) is 17.5 Å². The Morgan fingerprint density at radius 3 is 2.67 bits per heavy atom. The smallest absolute Gasteiger partial charge is 0.344 e. The molecule has 176 valence electrons. The van der Waals surface area contributed by atoms with E-state index in [2.05, 4.69) is 15.3 Å². The molecule has 4 aliphatic rings. The summed E-state index contributed by atoms with van der Waals surface area (Å²) in [5.74, 6) is 0.0570. The summed E-state index contributed by atoms with van der Waals surface area (Å²) in [6, 6.07) is 5.38. The Morgan fingerprint density at radius 1 is 1.21 bits per heavy atom. The fourth-order valence-corrected chi connectivity index (χ4v) is 6.85. The maximum Gasteiger partial charge on any atom is 0.344 e. The fraction of sp³-hybridized carbons (Fsp3) is 0.583. The summed E-state index contributed by atoms with van der Waals surface area (Å²) >= 11 is 1.41. The number of carbonyl (C=O) groups excluding carboxylic acids is 2. The van der Waals surface area contributed by atoms with Gasteiger partial charge in [0.1, 0.15) is 18.7 Å². The molecule has 4 fully saturated rings. The summed E-state index contributed by atoms with van der Waals surface area (Å²) in [7, 11) is 0. The highest BCUT2D eigenvalue weighted by Gasteiger charge is 2.53. The molecule has 1 aliphatic carbocycles. The lowest BCUT2D eigenvalue weighted by molar-refractivity contribution is -0.939. The molecule has 2 bridgehead atoms. The van der Waals surface area contributed by atoms with E-state index < -0.39 is 11.6 Å². The van der Waals surface area contributed by atoms with Crippen molar-refractivity contribution in [2.75, 3.05) is 31.5 Å². The van der Waals surface area contributed by atoms with E-state index in [4.69, 9.17) is 4.74 Å². The average Bonchev–Trinajstić information content (AvgIpc) is 3.54. The lowest BCUT2D eigenvalue weighted by Gasteiger charge is -2.51. The maximum atomic E-state index is 13.5. The highest BCUT2D eigenvalue weighted by Crippen LogP contribution is 2.44. The van der Waals surface area contributed by atoms with E-state index in [0.717, 1.165) is 51.6 Å². The van der Waals surface area contributed by atoms with Crippen molar-refractivity contribution in [1.29, 1.82) is 0 Å². The Kier molecular flexibility index (Phi) is 6.20. The molecular weight excluding hydrogens is 440 g/mol. The molecule has 9 heteroatoms. The lowest BCUT2D eigenvalue weighted by Crippen LogP contribution is -2.66. The monoisotopic (exact) mass is 471 g/mol. The molecule has 6 rings (SSSR count). The van der Waals surface area contributed by atoms with Gasteiger partial charge in [0.25, 0.3) is 5.91 Å². The number of quaternary nitrogens is 1. The van der Waals surface area contributed by atoms with Crippen LogP contribution in [0.1, 0.15) is 43.4 Å². The topological polar surface area (TPSA) is 101 Å². The van der Waals surface area contributed by atoms with Gasteiger partial charge in [0.2, 0.25) is 0 Å². The predicted octanol–water partition coefficient (Wildman–Crippen LogP) is 2.71. The number of aliphatic hydroxyl groups is 1. The second-order valence-electron chi connectivity index (χ2n) is 9.78. The molecule has 1 amide bonds. The van der Waals surface area contributed by atoms with E-state index in [1.54, 1.807) is 12.3 Å². The number of rotatable bonds is 7. The minimum Gasteiger partial charge on any atom is -0.454 e. The van der Waals surface area contributed by atoms with Crippen molar-refractivity contribution in [2.45, 2.75) is 50.2 Å². The highest BCUT2D eigenvalue weighted by molar-refractivity contribution is 7.10. The van der Waals surface area contributed by atoms with Crippen LogP contribution in [0.3, 0.4) is 0 Å². The van der Waals surface area contributed by atoms with Gasteiger partial charge in [-0.15, -0.1) is 11.3 Å². The van der Waals surface area contributed by atoms with Crippen molar-refractivity contribution >= 4 is 29.0 Å². The molecule has 2 aromatic rings. The number of hydrogen-bond acceptors (Lipinski definition) is 7. The number of ether oxygens (including phenoxy) is 1. The van der Waals surface area contributed by atoms with Crippen LogP contribution in [-0.2, 0) is 19.9 Å². The number of esters is 1. The number of anilines is 1. The summed E-state index contributed by atoms with van der Waals surface area (Å²) in [5, 5.41) is 16.4. The Balaban J connectivity index is 1.28. The van der Waals surface area contributed by atoms with Crippen LogP contribution in [0.5, 0.6) is 0 Å². The van der Waals surface area contributed by atoms with Crippen molar-refractivity contribution in [1.82, 2.24) is 9.97 Å². The number of amides is 1. The second-order valence-corrected chi connectivity index (χ2v) is 10.7. The third kappa shape index (κ3) is 4.41. The SMILES string of the molecule is O=C(C[N+]12CCC(CC1)C(OC(=O)[C@@](O)(c1cccs1)C1CCCC1)C2)Nc1ccncn1. The summed E-state index contributed by atoms with van der Waals surface area (Å²) in [6.45, 7) is 2.73. The van der Waals surface area contributed by atoms with Gasteiger partial charge in [-0.25, -0.2) is 14.8 Å². The zero-order valence-electron chi connectivity index (χ0n) is 18.7. The molecular formula is C24H31N4O4S+. The van der Waals surface area contributed by atoms with Gasteiger partial charge in [0.15, 0.2) is 18.2 Å². The first-order chi connectivity index (χ1) is 16.0. The zero-order chi connectivity index (χ0) is 22.9. The number of aromatic nitrogens is 2. The fourth-order valence-electron chi connectivity index (χ4n) is 5.96. The number of fused-ring (bicyclic) bond motifs is 3. The quantitative estimate of drug-likeness (QED) is 0.476. The van der Waals surface area contributed by atoms with E-state index in [0.29, 0.717) is 28.3 Å². The van der Waals surface area contributed by atoms with E-state index in [-0.39, 0.29) is 23.8 Å². The van der Waals surface area contributed by atoms with E-state index >= 15 is 0 Å².